The van der Waals surface area contributed by atoms with E-state index in [0.29, 0.717) is 23.1 Å². The standard InChI is InChI=1S/C15H13F2NO4S/c1-9(10-2-5-14-15(6-10)22-8-21-14)18-23(19,20)11-3-4-12(16)13(17)7-11/h2-7,9,18H,8H2,1H3. The van der Waals surface area contributed by atoms with E-state index in [2.05, 4.69) is 4.72 Å². The second-order valence-corrected chi connectivity index (χ2v) is 6.75. The first kappa shape index (κ1) is 15.7. The molecule has 0 amide bonds. The predicted molar refractivity (Wildman–Crippen MR) is 77.7 cm³/mol. The summed E-state index contributed by atoms with van der Waals surface area (Å²) >= 11 is 0. The topological polar surface area (TPSA) is 64.6 Å². The van der Waals surface area contributed by atoms with Crippen molar-refractivity contribution < 1.29 is 26.7 Å². The number of sulfonamides is 1. The molecule has 0 saturated heterocycles. The average Bonchev–Trinajstić information content (AvgIpc) is 2.96. The lowest BCUT2D eigenvalue weighted by atomic mass is 10.1. The van der Waals surface area contributed by atoms with Crippen molar-refractivity contribution in [2.24, 2.45) is 0 Å². The van der Waals surface area contributed by atoms with E-state index in [1.165, 1.54) is 0 Å². The first-order valence-electron chi connectivity index (χ1n) is 6.74. The maximum Gasteiger partial charge on any atom is 0.241 e. The fourth-order valence-electron chi connectivity index (χ4n) is 2.20. The van der Waals surface area contributed by atoms with Crippen molar-refractivity contribution >= 4 is 10.0 Å². The van der Waals surface area contributed by atoms with Crippen molar-refractivity contribution in [3.8, 4) is 11.5 Å². The second-order valence-electron chi connectivity index (χ2n) is 5.03. The zero-order chi connectivity index (χ0) is 16.6. The molecule has 0 aromatic heterocycles. The van der Waals surface area contributed by atoms with Crippen LogP contribution in [0.1, 0.15) is 18.5 Å². The smallest absolute Gasteiger partial charge is 0.241 e. The van der Waals surface area contributed by atoms with Gasteiger partial charge < -0.3 is 9.47 Å². The van der Waals surface area contributed by atoms with Gasteiger partial charge in [0.25, 0.3) is 0 Å². The van der Waals surface area contributed by atoms with Crippen LogP contribution < -0.4 is 14.2 Å². The Morgan fingerprint density at radius 1 is 1.04 bits per heavy atom. The summed E-state index contributed by atoms with van der Waals surface area (Å²) in [6.45, 7) is 1.75. The van der Waals surface area contributed by atoms with Crippen LogP contribution in [0.15, 0.2) is 41.3 Å². The van der Waals surface area contributed by atoms with E-state index in [-0.39, 0.29) is 11.7 Å². The highest BCUT2D eigenvalue weighted by Crippen LogP contribution is 2.34. The molecule has 1 aliphatic heterocycles. The van der Waals surface area contributed by atoms with Gasteiger partial charge >= 0.3 is 0 Å². The predicted octanol–water partition coefficient (Wildman–Crippen LogP) is 2.73. The Bertz CT molecular complexity index is 855. The van der Waals surface area contributed by atoms with Gasteiger partial charge in [-0.3, -0.25) is 0 Å². The lowest BCUT2D eigenvalue weighted by Crippen LogP contribution is -2.27. The Labute approximate surface area is 131 Å². The summed E-state index contributed by atoms with van der Waals surface area (Å²) in [4.78, 5) is -0.344. The maximum atomic E-state index is 13.2. The Balaban J connectivity index is 1.83. The molecule has 3 rings (SSSR count). The Kier molecular flexibility index (Phi) is 3.95. The molecule has 0 radical (unpaired) electrons. The number of fused-ring (bicyclic) bond motifs is 1. The van der Waals surface area contributed by atoms with Gasteiger partial charge in [-0.25, -0.2) is 21.9 Å². The zero-order valence-electron chi connectivity index (χ0n) is 12.0. The van der Waals surface area contributed by atoms with Crippen LogP contribution in [-0.2, 0) is 10.0 Å². The second kappa shape index (κ2) is 5.78. The summed E-state index contributed by atoms with van der Waals surface area (Å²) in [6, 6.07) is 6.88. The van der Waals surface area contributed by atoms with E-state index >= 15 is 0 Å². The lowest BCUT2D eigenvalue weighted by molar-refractivity contribution is 0.174. The zero-order valence-corrected chi connectivity index (χ0v) is 12.9. The lowest BCUT2D eigenvalue weighted by Gasteiger charge is -2.15. The molecule has 1 N–H and O–H groups in total. The molecule has 1 aliphatic rings. The molecule has 2 aromatic carbocycles. The molecule has 1 atom stereocenters. The normalized spacial score (nSPS) is 14.7. The van der Waals surface area contributed by atoms with Crippen molar-refractivity contribution in [1.82, 2.24) is 4.72 Å². The van der Waals surface area contributed by atoms with Crippen LogP contribution in [0, 0.1) is 11.6 Å². The fraction of sp³-hybridized carbons (Fsp3) is 0.200. The van der Waals surface area contributed by atoms with Gasteiger partial charge in [0.05, 0.1) is 4.90 Å². The molecule has 8 heteroatoms. The molecule has 0 spiro atoms. The average molecular weight is 341 g/mol. The Hall–Kier alpha value is -2.19. The summed E-state index contributed by atoms with van der Waals surface area (Å²) in [7, 11) is -3.99. The van der Waals surface area contributed by atoms with E-state index in [1.807, 2.05) is 0 Å². The molecule has 5 nitrogen and oxygen atoms in total. The molecular weight excluding hydrogens is 328 g/mol. The summed E-state index contributed by atoms with van der Waals surface area (Å²) in [5.41, 5.74) is 0.653. The third-order valence-electron chi connectivity index (χ3n) is 3.43. The highest BCUT2D eigenvalue weighted by molar-refractivity contribution is 7.89. The monoisotopic (exact) mass is 341 g/mol. The van der Waals surface area contributed by atoms with Gasteiger partial charge in [0.1, 0.15) is 0 Å². The Morgan fingerprint density at radius 3 is 2.52 bits per heavy atom. The highest BCUT2D eigenvalue weighted by Gasteiger charge is 2.22. The molecular formula is C15H13F2NO4S. The maximum absolute atomic E-state index is 13.2. The van der Waals surface area contributed by atoms with Crippen LogP contribution in [0.4, 0.5) is 8.78 Å². The van der Waals surface area contributed by atoms with Crippen LogP contribution in [-0.4, -0.2) is 15.2 Å². The largest absolute Gasteiger partial charge is 0.454 e. The van der Waals surface area contributed by atoms with Gasteiger partial charge in [-0.05, 0) is 42.8 Å². The summed E-state index contributed by atoms with van der Waals surface area (Å²) in [5.74, 6) is -1.21. The molecule has 0 fully saturated rings. The third-order valence-corrected chi connectivity index (χ3v) is 4.97. The number of rotatable bonds is 4. The van der Waals surface area contributed by atoms with Crippen molar-refractivity contribution in [3.05, 3.63) is 53.6 Å². The minimum atomic E-state index is -3.99. The van der Waals surface area contributed by atoms with Gasteiger partial charge in [-0.1, -0.05) is 6.07 Å². The van der Waals surface area contributed by atoms with E-state index in [0.717, 1.165) is 12.1 Å². The van der Waals surface area contributed by atoms with Gasteiger partial charge in [0, 0.05) is 6.04 Å². The van der Waals surface area contributed by atoms with E-state index in [9.17, 15) is 17.2 Å². The summed E-state index contributed by atoms with van der Waals surface area (Å²) in [6.07, 6.45) is 0. The van der Waals surface area contributed by atoms with Crippen molar-refractivity contribution in [2.75, 3.05) is 6.79 Å². The molecule has 122 valence electrons. The number of benzene rings is 2. The minimum Gasteiger partial charge on any atom is -0.454 e. The van der Waals surface area contributed by atoms with E-state index < -0.39 is 27.7 Å². The van der Waals surface area contributed by atoms with Gasteiger partial charge in [0.2, 0.25) is 16.8 Å². The van der Waals surface area contributed by atoms with Crippen LogP contribution in [0.25, 0.3) is 0 Å². The molecule has 1 heterocycles. The molecule has 0 saturated carbocycles. The van der Waals surface area contributed by atoms with Crippen LogP contribution in [0.2, 0.25) is 0 Å². The highest BCUT2D eigenvalue weighted by atomic mass is 32.2. The van der Waals surface area contributed by atoms with Gasteiger partial charge in [-0.15, -0.1) is 0 Å². The molecule has 0 bridgehead atoms. The van der Waals surface area contributed by atoms with Crippen LogP contribution in [0.3, 0.4) is 0 Å². The summed E-state index contributed by atoms with van der Waals surface area (Å²) in [5, 5.41) is 0. The van der Waals surface area contributed by atoms with Gasteiger partial charge in [-0.2, -0.15) is 0 Å². The first-order chi connectivity index (χ1) is 10.9. The first-order valence-corrected chi connectivity index (χ1v) is 8.22. The fourth-order valence-corrected chi connectivity index (χ4v) is 3.44. The SMILES string of the molecule is CC(NS(=O)(=O)c1ccc(F)c(F)c1)c1ccc2c(c1)OCO2. The number of hydrogen-bond donors (Lipinski definition) is 1. The van der Waals surface area contributed by atoms with Crippen LogP contribution >= 0.6 is 0 Å². The quantitative estimate of drug-likeness (QED) is 0.929. The molecule has 1 unspecified atom stereocenters. The molecule has 0 aliphatic carbocycles. The number of halogens is 2. The van der Waals surface area contributed by atoms with Crippen molar-refractivity contribution in [2.45, 2.75) is 17.9 Å². The van der Waals surface area contributed by atoms with E-state index in [1.54, 1.807) is 25.1 Å². The summed E-state index contributed by atoms with van der Waals surface area (Å²) < 4.78 is 63.5. The number of hydrogen-bond acceptors (Lipinski definition) is 4. The van der Waals surface area contributed by atoms with Crippen molar-refractivity contribution in [3.63, 3.8) is 0 Å². The molecule has 23 heavy (non-hydrogen) atoms. The number of ether oxygens (including phenoxy) is 2. The van der Waals surface area contributed by atoms with Gasteiger partial charge in [0.15, 0.2) is 23.1 Å². The van der Waals surface area contributed by atoms with Crippen LogP contribution in [0.5, 0.6) is 11.5 Å². The minimum absolute atomic E-state index is 0.119. The third kappa shape index (κ3) is 3.13. The Morgan fingerprint density at radius 2 is 1.78 bits per heavy atom. The molecule has 2 aromatic rings. The number of nitrogens with one attached hydrogen (secondary N) is 1. The van der Waals surface area contributed by atoms with Crippen molar-refractivity contribution in [1.29, 1.82) is 0 Å². The van der Waals surface area contributed by atoms with E-state index in [4.69, 9.17) is 9.47 Å².